The summed E-state index contributed by atoms with van der Waals surface area (Å²) in [6.07, 6.45) is 6.05. The molecule has 1 saturated carbocycles. The van der Waals surface area contributed by atoms with Gasteiger partial charge in [-0.3, -0.25) is 0 Å². The van der Waals surface area contributed by atoms with Crippen LogP contribution in [0.4, 0.5) is 4.39 Å². The Kier molecular flexibility index (Phi) is 4.35. The van der Waals surface area contributed by atoms with Gasteiger partial charge in [-0.1, -0.05) is 37.8 Å². The second kappa shape index (κ2) is 5.80. The quantitative estimate of drug-likeness (QED) is 0.859. The highest BCUT2D eigenvalue weighted by molar-refractivity contribution is 7.89. The van der Waals surface area contributed by atoms with E-state index in [9.17, 15) is 12.8 Å². The van der Waals surface area contributed by atoms with Crippen molar-refractivity contribution in [2.24, 2.45) is 0 Å². The molecular formula is C13H18FNO2S. The zero-order chi connectivity index (χ0) is 13.0. The van der Waals surface area contributed by atoms with E-state index in [1.54, 1.807) is 0 Å². The predicted octanol–water partition coefficient (Wildman–Crippen LogP) is 2.83. The summed E-state index contributed by atoms with van der Waals surface area (Å²) in [6, 6.07) is 5.43. The van der Waals surface area contributed by atoms with E-state index in [1.165, 1.54) is 24.3 Å². The van der Waals surface area contributed by atoms with Gasteiger partial charge < -0.3 is 0 Å². The Morgan fingerprint density at radius 1 is 1.06 bits per heavy atom. The van der Waals surface area contributed by atoms with Crippen molar-refractivity contribution >= 4 is 10.0 Å². The number of nitrogens with one attached hydrogen (secondary N) is 1. The smallest absolute Gasteiger partial charge is 0.208 e. The summed E-state index contributed by atoms with van der Waals surface area (Å²) in [6.45, 7) is 0. The van der Waals surface area contributed by atoms with E-state index >= 15 is 0 Å². The van der Waals surface area contributed by atoms with Gasteiger partial charge in [0.1, 0.15) is 10.7 Å². The van der Waals surface area contributed by atoms with E-state index in [0.717, 1.165) is 38.5 Å². The van der Waals surface area contributed by atoms with Gasteiger partial charge in [-0.05, 0) is 25.0 Å². The zero-order valence-corrected chi connectivity index (χ0v) is 11.0. The van der Waals surface area contributed by atoms with Crippen molar-refractivity contribution in [3.05, 3.63) is 30.1 Å². The fourth-order valence-electron chi connectivity index (χ4n) is 2.34. The molecule has 3 nitrogen and oxygen atoms in total. The summed E-state index contributed by atoms with van der Waals surface area (Å²) in [5.41, 5.74) is 0. The molecule has 1 aliphatic carbocycles. The minimum atomic E-state index is -3.73. The molecule has 1 aromatic rings. The first-order chi connectivity index (χ1) is 8.59. The van der Waals surface area contributed by atoms with Gasteiger partial charge in [-0.15, -0.1) is 0 Å². The lowest BCUT2D eigenvalue weighted by Gasteiger charge is -2.16. The standard InChI is InChI=1S/C13H18FNO2S/c14-12-9-5-6-10-13(12)18(16,17)15-11-7-3-1-2-4-8-11/h5-6,9-11,15H,1-4,7-8H2. The van der Waals surface area contributed by atoms with Crippen LogP contribution in [0.25, 0.3) is 0 Å². The first-order valence-corrected chi connectivity index (χ1v) is 7.85. The maximum Gasteiger partial charge on any atom is 0.243 e. The van der Waals surface area contributed by atoms with Gasteiger partial charge in [0.2, 0.25) is 10.0 Å². The minimum Gasteiger partial charge on any atom is -0.208 e. The number of hydrogen-bond acceptors (Lipinski definition) is 2. The number of benzene rings is 1. The van der Waals surface area contributed by atoms with Gasteiger partial charge >= 0.3 is 0 Å². The molecule has 1 aliphatic rings. The average Bonchev–Trinajstić information content (AvgIpc) is 2.57. The summed E-state index contributed by atoms with van der Waals surface area (Å²) < 4.78 is 40.3. The molecule has 0 aromatic heterocycles. The van der Waals surface area contributed by atoms with Crippen LogP contribution in [0.1, 0.15) is 38.5 Å². The zero-order valence-electron chi connectivity index (χ0n) is 10.2. The molecule has 1 fully saturated rings. The van der Waals surface area contributed by atoms with Crippen molar-refractivity contribution in [3.8, 4) is 0 Å². The van der Waals surface area contributed by atoms with Crippen LogP contribution in [0.2, 0.25) is 0 Å². The molecule has 1 aromatic carbocycles. The molecule has 18 heavy (non-hydrogen) atoms. The van der Waals surface area contributed by atoms with Crippen LogP contribution in [0.15, 0.2) is 29.2 Å². The van der Waals surface area contributed by atoms with E-state index in [0.29, 0.717) is 0 Å². The van der Waals surface area contributed by atoms with Crippen LogP contribution in [-0.2, 0) is 10.0 Å². The fourth-order valence-corrected chi connectivity index (χ4v) is 3.73. The molecule has 0 heterocycles. The normalized spacial score (nSPS) is 18.5. The minimum absolute atomic E-state index is 0.0582. The van der Waals surface area contributed by atoms with Crippen molar-refractivity contribution in [1.82, 2.24) is 4.72 Å². The van der Waals surface area contributed by atoms with Crippen LogP contribution in [0.5, 0.6) is 0 Å². The lowest BCUT2D eigenvalue weighted by Crippen LogP contribution is -2.34. The third-order valence-electron chi connectivity index (χ3n) is 3.30. The summed E-state index contributed by atoms with van der Waals surface area (Å²) in [5.74, 6) is -0.696. The Morgan fingerprint density at radius 3 is 2.28 bits per heavy atom. The Labute approximate surface area is 107 Å². The van der Waals surface area contributed by atoms with Crippen LogP contribution in [0.3, 0.4) is 0 Å². The molecule has 0 radical (unpaired) electrons. The summed E-state index contributed by atoms with van der Waals surface area (Å²) >= 11 is 0. The van der Waals surface area contributed by atoms with E-state index in [-0.39, 0.29) is 10.9 Å². The second-order valence-electron chi connectivity index (χ2n) is 4.74. The molecule has 0 aliphatic heterocycles. The highest BCUT2D eigenvalue weighted by atomic mass is 32.2. The van der Waals surface area contributed by atoms with Crippen molar-refractivity contribution in [3.63, 3.8) is 0 Å². The SMILES string of the molecule is O=S(=O)(NC1CCCCCC1)c1ccccc1F. The third kappa shape index (κ3) is 3.29. The predicted molar refractivity (Wildman–Crippen MR) is 68.2 cm³/mol. The number of hydrogen-bond donors (Lipinski definition) is 1. The highest BCUT2D eigenvalue weighted by Gasteiger charge is 2.23. The Morgan fingerprint density at radius 2 is 1.67 bits per heavy atom. The molecule has 0 spiro atoms. The van der Waals surface area contributed by atoms with Gasteiger partial charge in [-0.25, -0.2) is 17.5 Å². The molecule has 0 amide bonds. The van der Waals surface area contributed by atoms with Gasteiger partial charge in [-0.2, -0.15) is 0 Å². The number of rotatable bonds is 3. The van der Waals surface area contributed by atoms with Crippen molar-refractivity contribution in [2.75, 3.05) is 0 Å². The second-order valence-corrected chi connectivity index (χ2v) is 6.42. The van der Waals surface area contributed by atoms with Crippen molar-refractivity contribution < 1.29 is 12.8 Å². The molecule has 0 saturated heterocycles. The Hall–Kier alpha value is -0.940. The maximum absolute atomic E-state index is 13.5. The van der Waals surface area contributed by atoms with E-state index < -0.39 is 15.8 Å². The van der Waals surface area contributed by atoms with Crippen LogP contribution < -0.4 is 4.72 Å². The van der Waals surface area contributed by atoms with Gasteiger partial charge in [0.15, 0.2) is 0 Å². The summed E-state index contributed by atoms with van der Waals surface area (Å²) in [7, 11) is -3.73. The largest absolute Gasteiger partial charge is 0.243 e. The van der Waals surface area contributed by atoms with E-state index in [4.69, 9.17) is 0 Å². The lowest BCUT2D eigenvalue weighted by molar-refractivity contribution is 0.503. The molecule has 0 unspecified atom stereocenters. The van der Waals surface area contributed by atoms with E-state index in [2.05, 4.69) is 4.72 Å². The fraction of sp³-hybridized carbons (Fsp3) is 0.538. The average molecular weight is 271 g/mol. The number of sulfonamides is 1. The van der Waals surface area contributed by atoms with Crippen LogP contribution in [-0.4, -0.2) is 14.5 Å². The van der Waals surface area contributed by atoms with Gasteiger partial charge in [0, 0.05) is 6.04 Å². The van der Waals surface area contributed by atoms with Crippen molar-refractivity contribution in [1.29, 1.82) is 0 Å². The highest BCUT2D eigenvalue weighted by Crippen LogP contribution is 2.20. The topological polar surface area (TPSA) is 46.2 Å². The lowest BCUT2D eigenvalue weighted by atomic mass is 10.1. The monoisotopic (exact) mass is 271 g/mol. The molecule has 0 atom stereocenters. The maximum atomic E-state index is 13.5. The molecular weight excluding hydrogens is 253 g/mol. The Bertz CT molecular complexity index is 493. The molecule has 100 valence electrons. The van der Waals surface area contributed by atoms with Crippen LogP contribution in [0, 0.1) is 5.82 Å². The molecule has 5 heteroatoms. The number of halogens is 1. The van der Waals surface area contributed by atoms with E-state index in [1.807, 2.05) is 0 Å². The first kappa shape index (κ1) is 13.5. The first-order valence-electron chi connectivity index (χ1n) is 6.36. The van der Waals surface area contributed by atoms with Crippen molar-refractivity contribution in [2.45, 2.75) is 49.5 Å². The van der Waals surface area contributed by atoms with Gasteiger partial charge in [0.25, 0.3) is 0 Å². The molecule has 2 rings (SSSR count). The van der Waals surface area contributed by atoms with Gasteiger partial charge in [0.05, 0.1) is 0 Å². The summed E-state index contributed by atoms with van der Waals surface area (Å²) in [4.78, 5) is -0.255. The molecule has 0 bridgehead atoms. The van der Waals surface area contributed by atoms with Crippen LogP contribution >= 0.6 is 0 Å². The molecule has 1 N–H and O–H groups in total. The third-order valence-corrected chi connectivity index (χ3v) is 4.86. The Balaban J connectivity index is 2.14. The summed E-state index contributed by atoms with van der Waals surface area (Å²) in [5, 5.41) is 0.